The number of hydrogen-bond acceptors (Lipinski definition) is 5. The number of carbonyl (C=O) groups is 1. The lowest BCUT2D eigenvalue weighted by molar-refractivity contribution is -0.203. The van der Waals surface area contributed by atoms with E-state index in [-0.39, 0.29) is 29.1 Å². The lowest BCUT2D eigenvalue weighted by atomic mass is 9.41. The second kappa shape index (κ2) is 11.4. The van der Waals surface area contributed by atoms with E-state index in [4.69, 9.17) is 4.74 Å². The molecule has 3 N–H and O–H groups in total. The Morgan fingerprint density at radius 3 is 2.63 bits per heavy atom. The van der Waals surface area contributed by atoms with Crippen LogP contribution in [0.4, 0.5) is 4.79 Å². The van der Waals surface area contributed by atoms with E-state index < -0.39 is 0 Å². The molecule has 11 atom stereocenters. The van der Waals surface area contributed by atoms with Crippen molar-refractivity contribution in [1.82, 2.24) is 5.32 Å². The van der Waals surface area contributed by atoms with Gasteiger partial charge in [-0.3, -0.25) is 0 Å². The Bertz CT molecular complexity index is 938. The van der Waals surface area contributed by atoms with Crippen molar-refractivity contribution >= 4 is 17.4 Å². The minimum absolute atomic E-state index is 0.193. The van der Waals surface area contributed by atoms with Crippen molar-refractivity contribution in [1.29, 1.82) is 0 Å². The number of aliphatic hydroxyl groups excluding tert-OH is 2. The first-order chi connectivity index (χ1) is 18.2. The highest BCUT2D eigenvalue weighted by molar-refractivity contribution is 7.09. The van der Waals surface area contributed by atoms with Gasteiger partial charge in [0.05, 0.1) is 18.8 Å². The third-order valence-electron chi connectivity index (χ3n) is 12.2. The zero-order valence-electron chi connectivity index (χ0n) is 24.0. The standard InChI is InChI=1S/C32H51NO4S/c1-5-23-27-19-21(34)10-14-32(27,4)26-11-15-31(3)24(8-9-25(31)28(26)29(23)35)20(2)13-17-37-30(36)33-16-12-22-7-6-18-38-22/h6-7,18,20-21,23-29,34-35H,5,8-17,19H2,1-4H3,(H,33,36)/t20-,21-,23-,24-,25+,26+,27+,28+,29-,31-,32-/m1/s1. The Morgan fingerprint density at radius 1 is 1.13 bits per heavy atom. The average Bonchev–Trinajstić information content (AvgIpc) is 3.53. The molecule has 4 aliphatic carbocycles. The molecule has 4 saturated carbocycles. The molecule has 214 valence electrons. The third-order valence-corrected chi connectivity index (χ3v) is 13.1. The Morgan fingerprint density at radius 2 is 1.89 bits per heavy atom. The highest BCUT2D eigenvalue weighted by Gasteiger charge is 2.64. The molecule has 1 aromatic rings. The molecule has 0 radical (unpaired) electrons. The molecule has 1 aromatic heterocycles. The van der Waals surface area contributed by atoms with E-state index >= 15 is 0 Å². The summed E-state index contributed by atoms with van der Waals surface area (Å²) in [6.45, 7) is 10.7. The van der Waals surface area contributed by atoms with E-state index in [1.165, 1.54) is 30.6 Å². The van der Waals surface area contributed by atoms with E-state index in [1.807, 2.05) is 6.07 Å². The molecular formula is C32H51NO4S. The molecule has 0 saturated heterocycles. The summed E-state index contributed by atoms with van der Waals surface area (Å²) < 4.78 is 5.57. The number of ether oxygens (including phenoxy) is 1. The van der Waals surface area contributed by atoms with Gasteiger partial charge >= 0.3 is 6.09 Å². The summed E-state index contributed by atoms with van der Waals surface area (Å²) in [4.78, 5) is 13.5. The Kier molecular flexibility index (Phi) is 8.53. The van der Waals surface area contributed by atoms with Crippen molar-refractivity contribution in [3.05, 3.63) is 22.4 Å². The van der Waals surface area contributed by atoms with Crippen LogP contribution < -0.4 is 5.32 Å². The highest BCUT2D eigenvalue weighted by Crippen LogP contribution is 2.69. The van der Waals surface area contributed by atoms with Gasteiger partial charge in [0.2, 0.25) is 0 Å². The molecule has 1 heterocycles. The summed E-state index contributed by atoms with van der Waals surface area (Å²) in [6, 6.07) is 4.13. The maximum atomic E-state index is 12.2. The highest BCUT2D eigenvalue weighted by atomic mass is 32.1. The second-order valence-electron chi connectivity index (χ2n) is 13.8. The predicted molar refractivity (Wildman–Crippen MR) is 153 cm³/mol. The minimum Gasteiger partial charge on any atom is -0.450 e. The van der Waals surface area contributed by atoms with Crippen molar-refractivity contribution in [2.24, 2.45) is 52.3 Å². The fourth-order valence-electron chi connectivity index (χ4n) is 10.3. The minimum atomic E-state index is -0.305. The summed E-state index contributed by atoms with van der Waals surface area (Å²) in [5.41, 5.74) is 0.500. The molecule has 6 heteroatoms. The summed E-state index contributed by atoms with van der Waals surface area (Å²) in [7, 11) is 0. The molecule has 38 heavy (non-hydrogen) atoms. The molecule has 0 unspecified atom stereocenters. The molecule has 0 aromatic carbocycles. The molecular weight excluding hydrogens is 494 g/mol. The number of rotatable bonds is 8. The molecule has 4 aliphatic rings. The molecule has 5 rings (SSSR count). The Labute approximate surface area is 234 Å². The first kappa shape index (κ1) is 28.4. The van der Waals surface area contributed by atoms with Crippen LogP contribution in [0.3, 0.4) is 0 Å². The maximum Gasteiger partial charge on any atom is 0.407 e. The van der Waals surface area contributed by atoms with Crippen LogP contribution in [0.15, 0.2) is 17.5 Å². The zero-order valence-corrected chi connectivity index (χ0v) is 24.8. The molecule has 0 aliphatic heterocycles. The predicted octanol–water partition coefficient (Wildman–Crippen LogP) is 6.67. The van der Waals surface area contributed by atoms with Gasteiger partial charge in [0.25, 0.3) is 0 Å². The molecule has 1 amide bonds. The first-order valence-corrected chi connectivity index (χ1v) is 16.4. The van der Waals surface area contributed by atoms with Gasteiger partial charge in [0, 0.05) is 11.4 Å². The van der Waals surface area contributed by atoms with Crippen LogP contribution in [-0.4, -0.2) is 41.7 Å². The number of carbonyl (C=O) groups excluding carboxylic acids is 1. The van der Waals surface area contributed by atoms with Gasteiger partial charge in [-0.25, -0.2) is 4.79 Å². The van der Waals surface area contributed by atoms with Crippen molar-refractivity contribution in [3.8, 4) is 0 Å². The SMILES string of the molecule is CC[C@H]1[C@@H](O)[C@@H]2[C@H](CC[C@]3(C)[C@@H]([C@H](C)CCOC(=O)NCCc4cccs4)CC[C@@H]23)[C@@]2(C)CC[C@@H](O)C[C@@H]12. The van der Waals surface area contributed by atoms with Crippen LogP contribution in [0, 0.1) is 52.3 Å². The number of aliphatic hydroxyl groups is 2. The average molecular weight is 546 g/mol. The monoisotopic (exact) mass is 545 g/mol. The van der Waals surface area contributed by atoms with Crippen molar-refractivity contribution in [2.45, 2.75) is 104 Å². The van der Waals surface area contributed by atoms with Crippen molar-refractivity contribution in [3.63, 3.8) is 0 Å². The lowest BCUT2D eigenvalue weighted by Gasteiger charge is -2.64. The van der Waals surface area contributed by atoms with Crippen molar-refractivity contribution < 1.29 is 19.7 Å². The third kappa shape index (κ3) is 5.07. The molecule has 0 spiro atoms. The normalized spacial score (nSPS) is 43.0. The number of thiophene rings is 1. The van der Waals surface area contributed by atoms with Gasteiger partial charge in [-0.1, -0.05) is 40.2 Å². The smallest absolute Gasteiger partial charge is 0.407 e. The number of hydrogen-bond donors (Lipinski definition) is 3. The van der Waals surface area contributed by atoms with E-state index in [0.29, 0.717) is 54.6 Å². The summed E-state index contributed by atoms with van der Waals surface area (Å²) in [5, 5.41) is 27.3. The summed E-state index contributed by atoms with van der Waals surface area (Å²) in [5.74, 6) is 3.40. The fourth-order valence-corrected chi connectivity index (χ4v) is 11.0. The zero-order chi connectivity index (χ0) is 27.1. The second-order valence-corrected chi connectivity index (χ2v) is 14.8. The van der Waals surface area contributed by atoms with Crippen LogP contribution in [0.25, 0.3) is 0 Å². The van der Waals surface area contributed by atoms with Gasteiger partial charge in [0.15, 0.2) is 0 Å². The topological polar surface area (TPSA) is 78.8 Å². The lowest BCUT2D eigenvalue weighted by Crippen LogP contribution is -2.62. The van der Waals surface area contributed by atoms with Crippen LogP contribution in [0.5, 0.6) is 0 Å². The van der Waals surface area contributed by atoms with Crippen LogP contribution in [0.2, 0.25) is 0 Å². The molecule has 0 bridgehead atoms. The van der Waals surface area contributed by atoms with Crippen LogP contribution in [0.1, 0.15) is 90.4 Å². The quantitative estimate of drug-likeness (QED) is 0.341. The van der Waals surface area contributed by atoms with Crippen molar-refractivity contribution in [2.75, 3.05) is 13.2 Å². The van der Waals surface area contributed by atoms with E-state index in [9.17, 15) is 15.0 Å². The van der Waals surface area contributed by atoms with Crippen LogP contribution in [-0.2, 0) is 11.2 Å². The van der Waals surface area contributed by atoms with Crippen LogP contribution >= 0.6 is 11.3 Å². The molecule has 5 nitrogen and oxygen atoms in total. The summed E-state index contributed by atoms with van der Waals surface area (Å²) >= 11 is 1.71. The van der Waals surface area contributed by atoms with E-state index in [2.05, 4.69) is 44.5 Å². The Hall–Kier alpha value is -1.11. The maximum absolute atomic E-state index is 12.2. The first-order valence-electron chi connectivity index (χ1n) is 15.5. The van der Waals surface area contributed by atoms with E-state index in [0.717, 1.165) is 38.5 Å². The van der Waals surface area contributed by atoms with Gasteiger partial charge in [-0.2, -0.15) is 0 Å². The fraction of sp³-hybridized carbons (Fsp3) is 0.844. The summed E-state index contributed by atoms with van der Waals surface area (Å²) in [6.07, 6.45) is 9.81. The molecule has 4 fully saturated rings. The number of nitrogens with one attached hydrogen (secondary N) is 1. The number of amides is 1. The largest absolute Gasteiger partial charge is 0.450 e. The Balaban J connectivity index is 1.19. The van der Waals surface area contributed by atoms with E-state index in [1.54, 1.807) is 11.3 Å². The number of alkyl carbamates (subject to hydrolysis) is 1. The van der Waals surface area contributed by atoms with Gasteiger partial charge < -0.3 is 20.3 Å². The van der Waals surface area contributed by atoms with Gasteiger partial charge in [-0.05, 0) is 121 Å². The number of fused-ring (bicyclic) bond motifs is 5. The van der Waals surface area contributed by atoms with Gasteiger partial charge in [0.1, 0.15) is 0 Å². The van der Waals surface area contributed by atoms with Gasteiger partial charge in [-0.15, -0.1) is 11.3 Å².